The molecule has 2 unspecified atom stereocenters. The van der Waals surface area contributed by atoms with Gasteiger partial charge < -0.3 is 10.2 Å². The van der Waals surface area contributed by atoms with Crippen molar-refractivity contribution in [3.63, 3.8) is 0 Å². The van der Waals surface area contributed by atoms with Gasteiger partial charge in [0.1, 0.15) is 0 Å². The van der Waals surface area contributed by atoms with Crippen molar-refractivity contribution >= 4 is 25.7 Å². The van der Waals surface area contributed by atoms with Crippen molar-refractivity contribution in [3.05, 3.63) is 28.3 Å². The van der Waals surface area contributed by atoms with Gasteiger partial charge in [0.25, 0.3) is 0 Å². The van der Waals surface area contributed by atoms with Crippen molar-refractivity contribution < 1.29 is 24.4 Å². The van der Waals surface area contributed by atoms with Crippen LogP contribution < -0.4 is 5.30 Å². The lowest BCUT2D eigenvalue weighted by atomic mass is 9.65. The Bertz CT molecular complexity index is 607. The van der Waals surface area contributed by atoms with E-state index >= 15 is 0 Å². The van der Waals surface area contributed by atoms with Gasteiger partial charge in [0.05, 0.1) is 11.8 Å². The second-order valence-corrected chi connectivity index (χ2v) is 5.30. The SMILES string of the molecule is O=Pc1cc2c(c3c1CC3C(=O)O)CC2C(=O)O. The highest BCUT2D eigenvalue weighted by Crippen LogP contribution is 2.47. The highest BCUT2D eigenvalue weighted by atomic mass is 31.1. The third-order valence-electron chi connectivity index (χ3n) is 3.84. The van der Waals surface area contributed by atoms with Crippen molar-refractivity contribution in [2.45, 2.75) is 24.7 Å². The maximum absolute atomic E-state index is 11.1. The van der Waals surface area contributed by atoms with Gasteiger partial charge in [0.2, 0.25) is 0 Å². The smallest absolute Gasteiger partial charge is 0.311 e. The second kappa shape index (κ2) is 3.62. The monoisotopic (exact) mass is 264 g/mol. The van der Waals surface area contributed by atoms with Crippen LogP contribution in [0.1, 0.15) is 34.1 Å². The van der Waals surface area contributed by atoms with E-state index < -0.39 is 23.8 Å². The average Bonchev–Trinajstić information content (AvgIpc) is 2.23. The molecular formula is C12H9O5P. The van der Waals surface area contributed by atoms with Crippen LogP contribution in [0.4, 0.5) is 0 Å². The molecule has 0 radical (unpaired) electrons. The Labute approximate surface area is 104 Å². The molecule has 0 saturated carbocycles. The number of carboxylic acid groups (broad SMARTS) is 2. The first kappa shape index (κ1) is 11.4. The summed E-state index contributed by atoms with van der Waals surface area (Å²) in [6.07, 6.45) is 0.771. The van der Waals surface area contributed by atoms with Crippen LogP contribution in [0.5, 0.6) is 0 Å². The van der Waals surface area contributed by atoms with Crippen molar-refractivity contribution in [3.8, 4) is 0 Å². The fraction of sp³-hybridized carbons (Fsp3) is 0.333. The first-order chi connectivity index (χ1) is 8.54. The molecule has 0 aromatic heterocycles. The maximum atomic E-state index is 11.1. The Morgan fingerprint density at radius 1 is 1.11 bits per heavy atom. The Morgan fingerprint density at radius 3 is 2.28 bits per heavy atom. The molecule has 18 heavy (non-hydrogen) atoms. The molecule has 0 heterocycles. The molecule has 2 N–H and O–H groups in total. The van der Waals surface area contributed by atoms with E-state index in [0.717, 1.165) is 11.1 Å². The van der Waals surface area contributed by atoms with E-state index in [2.05, 4.69) is 0 Å². The second-order valence-electron chi connectivity index (χ2n) is 4.64. The molecule has 0 bridgehead atoms. The fourth-order valence-electron chi connectivity index (χ4n) is 2.84. The molecule has 0 fully saturated rings. The standard InChI is InChI=1S/C12H9O5P/c13-11(14)6-1-5-4(6)3-9(18-17)7-2-8(10(5)7)12(15)16/h3,6,8H,1-2H2,(H,13,14)(H,15,16). The van der Waals surface area contributed by atoms with Gasteiger partial charge in [0, 0.05) is 5.30 Å². The van der Waals surface area contributed by atoms with Gasteiger partial charge in [0.15, 0.2) is 8.46 Å². The molecular weight excluding hydrogens is 255 g/mol. The number of hydrogen-bond acceptors (Lipinski definition) is 3. The summed E-state index contributed by atoms with van der Waals surface area (Å²) in [5.74, 6) is -2.96. The molecule has 0 aliphatic heterocycles. The van der Waals surface area contributed by atoms with Crippen LogP contribution in [0, 0.1) is 0 Å². The van der Waals surface area contributed by atoms with Crippen molar-refractivity contribution in [2.75, 3.05) is 0 Å². The zero-order valence-electron chi connectivity index (χ0n) is 9.21. The van der Waals surface area contributed by atoms with E-state index in [0.29, 0.717) is 29.3 Å². The Hall–Kier alpha value is -1.74. The summed E-state index contributed by atoms with van der Waals surface area (Å²) in [5.41, 5.74) is 2.99. The van der Waals surface area contributed by atoms with E-state index in [1.54, 1.807) is 6.07 Å². The molecule has 5 nitrogen and oxygen atoms in total. The van der Waals surface area contributed by atoms with Gasteiger partial charge >= 0.3 is 11.9 Å². The van der Waals surface area contributed by atoms with Crippen LogP contribution >= 0.6 is 8.46 Å². The van der Waals surface area contributed by atoms with E-state index in [9.17, 15) is 14.2 Å². The zero-order valence-corrected chi connectivity index (χ0v) is 10.1. The summed E-state index contributed by atoms with van der Waals surface area (Å²) in [6.45, 7) is 0. The minimum absolute atomic E-state index is 0.178. The van der Waals surface area contributed by atoms with Gasteiger partial charge in [-0.2, -0.15) is 0 Å². The van der Waals surface area contributed by atoms with Crippen LogP contribution in [-0.2, 0) is 27.0 Å². The normalized spacial score (nSPS) is 23.6. The number of benzene rings is 1. The first-order valence-corrected chi connectivity index (χ1v) is 6.33. The summed E-state index contributed by atoms with van der Waals surface area (Å²) < 4.78 is 11.1. The summed E-state index contributed by atoms with van der Waals surface area (Å²) >= 11 is 0. The summed E-state index contributed by atoms with van der Waals surface area (Å²) in [7, 11) is -0.178. The highest BCUT2D eigenvalue weighted by molar-refractivity contribution is 7.34. The van der Waals surface area contributed by atoms with Crippen molar-refractivity contribution in [1.29, 1.82) is 0 Å². The molecule has 0 saturated heterocycles. The summed E-state index contributed by atoms with van der Waals surface area (Å²) in [5, 5.41) is 18.6. The predicted molar refractivity (Wildman–Crippen MR) is 61.8 cm³/mol. The van der Waals surface area contributed by atoms with Gasteiger partial charge in [-0.1, -0.05) is 0 Å². The minimum atomic E-state index is -0.915. The Balaban J connectivity index is 2.14. The zero-order chi connectivity index (χ0) is 13.0. The van der Waals surface area contributed by atoms with Gasteiger partial charge in [-0.3, -0.25) is 14.2 Å². The van der Waals surface area contributed by atoms with Crippen LogP contribution in [0.25, 0.3) is 0 Å². The number of carboxylic acids is 2. The third kappa shape index (κ3) is 1.28. The Morgan fingerprint density at radius 2 is 1.72 bits per heavy atom. The molecule has 2 aliphatic carbocycles. The quantitative estimate of drug-likeness (QED) is 0.796. The lowest BCUT2D eigenvalue weighted by Gasteiger charge is -2.38. The third-order valence-corrected chi connectivity index (χ3v) is 4.43. The molecule has 1 aromatic carbocycles. The number of aliphatic carboxylic acids is 2. The predicted octanol–water partition coefficient (Wildman–Crippen LogP) is 1.05. The molecule has 3 rings (SSSR count). The van der Waals surface area contributed by atoms with E-state index in [1.807, 2.05) is 0 Å². The molecule has 1 aromatic rings. The average molecular weight is 264 g/mol. The number of fused-ring (bicyclic) bond motifs is 3. The van der Waals surface area contributed by atoms with E-state index in [1.165, 1.54) is 0 Å². The molecule has 2 aliphatic rings. The van der Waals surface area contributed by atoms with Gasteiger partial charge in [-0.15, -0.1) is 0 Å². The summed E-state index contributed by atoms with van der Waals surface area (Å²) in [4.78, 5) is 22.0. The lowest BCUT2D eigenvalue weighted by molar-refractivity contribution is -0.139. The van der Waals surface area contributed by atoms with Crippen LogP contribution in [0.15, 0.2) is 6.07 Å². The first-order valence-electron chi connectivity index (χ1n) is 5.52. The maximum Gasteiger partial charge on any atom is 0.311 e. The molecule has 0 amide bonds. The highest BCUT2D eigenvalue weighted by Gasteiger charge is 2.44. The van der Waals surface area contributed by atoms with E-state index in [-0.39, 0.29) is 8.46 Å². The van der Waals surface area contributed by atoms with Crippen LogP contribution in [0.2, 0.25) is 0 Å². The van der Waals surface area contributed by atoms with E-state index in [4.69, 9.17) is 10.2 Å². The molecule has 2 atom stereocenters. The molecule has 92 valence electrons. The molecule has 0 spiro atoms. The van der Waals surface area contributed by atoms with Crippen molar-refractivity contribution in [1.82, 2.24) is 0 Å². The Kier molecular flexibility index (Phi) is 2.29. The van der Waals surface area contributed by atoms with Crippen LogP contribution in [0.3, 0.4) is 0 Å². The number of rotatable bonds is 3. The number of hydrogen-bond donors (Lipinski definition) is 2. The fourth-order valence-corrected chi connectivity index (χ4v) is 3.36. The summed E-state index contributed by atoms with van der Waals surface area (Å²) in [6, 6.07) is 1.64. The molecule has 6 heteroatoms. The van der Waals surface area contributed by atoms with Gasteiger partial charge in [-0.05, 0) is 41.2 Å². The van der Waals surface area contributed by atoms with Gasteiger partial charge in [-0.25, -0.2) is 0 Å². The van der Waals surface area contributed by atoms with Crippen molar-refractivity contribution in [2.24, 2.45) is 0 Å². The van der Waals surface area contributed by atoms with Crippen LogP contribution in [-0.4, -0.2) is 22.2 Å². The topological polar surface area (TPSA) is 91.7 Å². The lowest BCUT2D eigenvalue weighted by Crippen LogP contribution is -2.37. The number of carbonyl (C=O) groups is 2. The minimum Gasteiger partial charge on any atom is -0.481 e. The largest absolute Gasteiger partial charge is 0.481 e.